The zero-order chi connectivity index (χ0) is 20.3. The Morgan fingerprint density at radius 3 is 2.17 bits per heavy atom. The topological polar surface area (TPSA) is 17.0 Å². The molecule has 0 fully saturated rings. The van der Waals surface area contributed by atoms with Gasteiger partial charge in [0.1, 0.15) is 0 Å². The van der Waals surface area contributed by atoms with Crippen LogP contribution in [0.4, 0.5) is 11.4 Å². The van der Waals surface area contributed by atoms with Crippen molar-refractivity contribution in [2.75, 3.05) is 5.32 Å². The van der Waals surface area contributed by atoms with Crippen LogP contribution in [0, 0.1) is 0 Å². The summed E-state index contributed by atoms with van der Waals surface area (Å²) in [6.07, 6.45) is 3.63. The smallest absolute Gasteiger partial charge is 0.0542 e. The molecule has 5 rings (SSSR count). The molecule has 30 heavy (non-hydrogen) atoms. The van der Waals surface area contributed by atoms with Gasteiger partial charge in [-0.3, -0.25) is 0 Å². The number of anilines is 2. The standard InChI is InChI=1S/C28H26N2/c1-2-3-9-21-14-16-22(17-15-21)29-23-18-19-28-26(20-23)25-12-7-8-13-27(25)30(28)24-10-5-4-6-11-24/h4-8,10-20,29H,2-3,9H2,1H3. The fraction of sp³-hybridized carbons (Fsp3) is 0.143. The van der Waals surface area contributed by atoms with Crippen molar-refractivity contribution in [2.45, 2.75) is 26.2 Å². The minimum Gasteiger partial charge on any atom is -0.356 e. The number of aryl methyl sites for hydroxylation is 1. The molecule has 0 aliphatic rings. The highest BCUT2D eigenvalue weighted by molar-refractivity contribution is 6.10. The molecule has 0 radical (unpaired) electrons. The molecule has 1 N–H and O–H groups in total. The highest BCUT2D eigenvalue weighted by atomic mass is 15.0. The molecule has 0 bridgehead atoms. The summed E-state index contributed by atoms with van der Waals surface area (Å²) in [7, 11) is 0. The van der Waals surface area contributed by atoms with Crippen LogP contribution in [-0.4, -0.2) is 4.57 Å². The first kappa shape index (κ1) is 18.5. The first-order valence-corrected chi connectivity index (χ1v) is 10.8. The molecule has 0 aliphatic heterocycles. The molecule has 2 heteroatoms. The summed E-state index contributed by atoms with van der Waals surface area (Å²) in [5.74, 6) is 0. The Kier molecular flexibility index (Phi) is 4.98. The van der Waals surface area contributed by atoms with Crippen LogP contribution in [0.25, 0.3) is 27.5 Å². The van der Waals surface area contributed by atoms with Crippen molar-refractivity contribution in [3.05, 3.63) is 103 Å². The second-order valence-electron chi connectivity index (χ2n) is 7.85. The Bertz CT molecular complexity index is 1280. The molecule has 1 heterocycles. The number of nitrogens with one attached hydrogen (secondary N) is 1. The van der Waals surface area contributed by atoms with E-state index in [1.54, 1.807) is 0 Å². The lowest BCUT2D eigenvalue weighted by atomic mass is 10.1. The molecular weight excluding hydrogens is 364 g/mol. The summed E-state index contributed by atoms with van der Waals surface area (Å²) in [6.45, 7) is 2.24. The third-order valence-corrected chi connectivity index (χ3v) is 5.75. The molecule has 0 spiro atoms. The second-order valence-corrected chi connectivity index (χ2v) is 7.85. The Balaban J connectivity index is 1.54. The molecule has 4 aromatic carbocycles. The van der Waals surface area contributed by atoms with Crippen LogP contribution in [-0.2, 0) is 6.42 Å². The number of para-hydroxylation sites is 2. The van der Waals surface area contributed by atoms with Crippen molar-refractivity contribution in [3.8, 4) is 5.69 Å². The van der Waals surface area contributed by atoms with E-state index in [1.807, 2.05) is 0 Å². The zero-order valence-corrected chi connectivity index (χ0v) is 17.3. The van der Waals surface area contributed by atoms with Gasteiger partial charge in [0.25, 0.3) is 0 Å². The third kappa shape index (κ3) is 3.46. The van der Waals surface area contributed by atoms with E-state index in [0.29, 0.717) is 0 Å². The Hall–Kier alpha value is -3.52. The number of rotatable bonds is 6. The lowest BCUT2D eigenvalue weighted by Crippen LogP contribution is -1.94. The molecular formula is C28H26N2. The molecule has 1 aromatic heterocycles. The Labute approximate surface area is 177 Å². The molecule has 5 aromatic rings. The van der Waals surface area contributed by atoms with E-state index in [1.165, 1.54) is 45.9 Å². The van der Waals surface area contributed by atoms with E-state index in [0.717, 1.165) is 17.8 Å². The third-order valence-electron chi connectivity index (χ3n) is 5.75. The summed E-state index contributed by atoms with van der Waals surface area (Å²) >= 11 is 0. The number of hydrogen-bond donors (Lipinski definition) is 1. The van der Waals surface area contributed by atoms with E-state index < -0.39 is 0 Å². The normalized spacial score (nSPS) is 11.2. The highest BCUT2D eigenvalue weighted by Gasteiger charge is 2.12. The number of hydrogen-bond acceptors (Lipinski definition) is 1. The molecule has 0 saturated heterocycles. The minimum atomic E-state index is 1.11. The van der Waals surface area contributed by atoms with Crippen LogP contribution in [0.3, 0.4) is 0 Å². The van der Waals surface area contributed by atoms with Crippen LogP contribution in [0.1, 0.15) is 25.3 Å². The van der Waals surface area contributed by atoms with E-state index >= 15 is 0 Å². The predicted molar refractivity (Wildman–Crippen MR) is 129 cm³/mol. The summed E-state index contributed by atoms with van der Waals surface area (Å²) in [4.78, 5) is 0. The molecule has 0 amide bonds. The van der Waals surface area contributed by atoms with Crippen LogP contribution < -0.4 is 5.32 Å². The molecule has 0 atom stereocenters. The lowest BCUT2D eigenvalue weighted by molar-refractivity contribution is 0.795. The zero-order valence-electron chi connectivity index (χ0n) is 17.3. The van der Waals surface area contributed by atoms with Crippen molar-refractivity contribution in [1.29, 1.82) is 0 Å². The van der Waals surface area contributed by atoms with Crippen LogP contribution in [0.2, 0.25) is 0 Å². The average Bonchev–Trinajstić information content (AvgIpc) is 3.13. The van der Waals surface area contributed by atoms with Crippen LogP contribution in [0.15, 0.2) is 97.1 Å². The molecule has 2 nitrogen and oxygen atoms in total. The van der Waals surface area contributed by atoms with Gasteiger partial charge in [-0.25, -0.2) is 0 Å². The average molecular weight is 391 g/mol. The van der Waals surface area contributed by atoms with E-state index in [2.05, 4.69) is 114 Å². The minimum absolute atomic E-state index is 1.11. The summed E-state index contributed by atoms with van der Waals surface area (Å²) in [6, 6.07) is 34.7. The Morgan fingerprint density at radius 2 is 1.37 bits per heavy atom. The van der Waals surface area contributed by atoms with Gasteiger partial charge in [-0.05, 0) is 66.9 Å². The summed E-state index contributed by atoms with van der Waals surface area (Å²) in [5, 5.41) is 6.12. The van der Waals surface area contributed by atoms with Gasteiger partial charge in [-0.1, -0.05) is 61.9 Å². The molecule has 0 saturated carbocycles. The van der Waals surface area contributed by atoms with Crippen molar-refractivity contribution >= 4 is 33.2 Å². The molecule has 0 unspecified atom stereocenters. The van der Waals surface area contributed by atoms with Gasteiger partial charge in [0.05, 0.1) is 11.0 Å². The van der Waals surface area contributed by atoms with Gasteiger partial charge in [0.15, 0.2) is 0 Å². The second kappa shape index (κ2) is 8.08. The fourth-order valence-corrected chi connectivity index (χ4v) is 4.21. The van der Waals surface area contributed by atoms with Crippen molar-refractivity contribution in [2.24, 2.45) is 0 Å². The van der Waals surface area contributed by atoms with Crippen molar-refractivity contribution in [1.82, 2.24) is 4.57 Å². The first-order valence-electron chi connectivity index (χ1n) is 10.8. The fourth-order valence-electron chi connectivity index (χ4n) is 4.21. The quantitative estimate of drug-likeness (QED) is 0.312. The Morgan fingerprint density at radius 1 is 0.667 bits per heavy atom. The molecule has 0 aliphatic carbocycles. The van der Waals surface area contributed by atoms with Gasteiger partial charge in [-0.2, -0.15) is 0 Å². The predicted octanol–water partition coefficient (Wildman–Crippen LogP) is 7.87. The number of aromatic nitrogens is 1. The van der Waals surface area contributed by atoms with E-state index in [-0.39, 0.29) is 0 Å². The number of fused-ring (bicyclic) bond motifs is 3. The highest BCUT2D eigenvalue weighted by Crippen LogP contribution is 2.34. The van der Waals surface area contributed by atoms with Crippen LogP contribution >= 0.6 is 0 Å². The van der Waals surface area contributed by atoms with Gasteiger partial charge >= 0.3 is 0 Å². The summed E-state index contributed by atoms with van der Waals surface area (Å²) in [5.41, 5.74) is 7.29. The SMILES string of the molecule is CCCCc1ccc(Nc2ccc3c(c2)c2ccccc2n3-c2ccccc2)cc1. The monoisotopic (exact) mass is 390 g/mol. The van der Waals surface area contributed by atoms with Gasteiger partial charge in [-0.15, -0.1) is 0 Å². The lowest BCUT2D eigenvalue weighted by Gasteiger charge is -2.10. The first-order chi connectivity index (χ1) is 14.8. The van der Waals surface area contributed by atoms with Gasteiger partial charge in [0, 0.05) is 27.8 Å². The van der Waals surface area contributed by atoms with Gasteiger partial charge in [0.2, 0.25) is 0 Å². The maximum atomic E-state index is 3.58. The van der Waals surface area contributed by atoms with Crippen molar-refractivity contribution in [3.63, 3.8) is 0 Å². The summed E-state index contributed by atoms with van der Waals surface area (Å²) < 4.78 is 2.34. The van der Waals surface area contributed by atoms with Gasteiger partial charge < -0.3 is 9.88 Å². The largest absolute Gasteiger partial charge is 0.356 e. The maximum absolute atomic E-state index is 3.58. The van der Waals surface area contributed by atoms with Crippen molar-refractivity contribution < 1.29 is 0 Å². The van der Waals surface area contributed by atoms with E-state index in [4.69, 9.17) is 0 Å². The number of unbranched alkanes of at least 4 members (excludes halogenated alkanes) is 1. The molecule has 148 valence electrons. The number of nitrogens with zero attached hydrogens (tertiary/aromatic N) is 1. The number of benzene rings is 4. The maximum Gasteiger partial charge on any atom is 0.0542 e. The van der Waals surface area contributed by atoms with Crippen LogP contribution in [0.5, 0.6) is 0 Å². The van der Waals surface area contributed by atoms with E-state index in [9.17, 15) is 0 Å².